The van der Waals surface area contributed by atoms with Gasteiger partial charge in [-0.15, -0.1) is 0 Å². The number of nitrogens with zero attached hydrogens (tertiary/aromatic N) is 1. The molecule has 1 unspecified atom stereocenters. The molecule has 0 fully saturated rings. The Bertz CT molecular complexity index is 1340. The maximum atomic E-state index is 13.2. The van der Waals surface area contributed by atoms with E-state index in [0.29, 0.717) is 18.4 Å². The number of carbonyl (C=O) groups excluding carboxylic acids is 1. The van der Waals surface area contributed by atoms with Crippen LogP contribution in [0.15, 0.2) is 78.9 Å². The summed E-state index contributed by atoms with van der Waals surface area (Å²) in [6.07, 6.45) is 2.15. The number of aliphatic carboxylic acids is 1. The first-order chi connectivity index (χ1) is 16.9. The molecule has 2 N–H and O–H groups in total. The highest BCUT2D eigenvalue weighted by Gasteiger charge is 2.14. The lowest BCUT2D eigenvalue weighted by atomic mass is 9.98. The van der Waals surface area contributed by atoms with Crippen molar-refractivity contribution in [2.75, 3.05) is 0 Å². The van der Waals surface area contributed by atoms with Crippen LogP contribution in [0.1, 0.15) is 53.7 Å². The van der Waals surface area contributed by atoms with E-state index in [1.807, 2.05) is 55.5 Å². The summed E-state index contributed by atoms with van der Waals surface area (Å²) in [6.45, 7) is 1.86. The molecule has 6 heteroatoms. The number of fused-ring (bicyclic) bond motifs is 1. The van der Waals surface area contributed by atoms with Crippen LogP contribution in [0, 0.1) is 5.82 Å². The van der Waals surface area contributed by atoms with Crippen molar-refractivity contribution in [3.63, 3.8) is 0 Å². The van der Waals surface area contributed by atoms with Crippen LogP contribution in [0.3, 0.4) is 0 Å². The van der Waals surface area contributed by atoms with Crippen LogP contribution in [-0.4, -0.2) is 22.0 Å². The van der Waals surface area contributed by atoms with Gasteiger partial charge < -0.3 is 10.4 Å². The summed E-state index contributed by atoms with van der Waals surface area (Å²) in [5.74, 6) is -1.34. The lowest BCUT2D eigenvalue weighted by molar-refractivity contribution is -0.137. The summed E-state index contributed by atoms with van der Waals surface area (Å²) in [6, 6.07) is 23.2. The van der Waals surface area contributed by atoms with E-state index >= 15 is 0 Å². The summed E-state index contributed by atoms with van der Waals surface area (Å²) in [7, 11) is 0. The van der Waals surface area contributed by atoms with Crippen LogP contribution >= 0.6 is 0 Å². The van der Waals surface area contributed by atoms with Crippen LogP contribution in [-0.2, 0) is 11.2 Å². The van der Waals surface area contributed by atoms with Gasteiger partial charge in [0.1, 0.15) is 5.82 Å². The predicted octanol–water partition coefficient (Wildman–Crippen LogP) is 6.33. The van der Waals surface area contributed by atoms with Gasteiger partial charge in [0.2, 0.25) is 0 Å². The molecule has 35 heavy (non-hydrogen) atoms. The number of carbonyl (C=O) groups is 2. The number of hydrogen-bond acceptors (Lipinski definition) is 3. The zero-order valence-electron chi connectivity index (χ0n) is 19.5. The quantitative estimate of drug-likeness (QED) is 0.280. The van der Waals surface area contributed by atoms with E-state index in [2.05, 4.69) is 5.32 Å². The van der Waals surface area contributed by atoms with Crippen molar-refractivity contribution >= 4 is 22.8 Å². The second kappa shape index (κ2) is 10.9. The molecule has 1 atom stereocenters. The minimum absolute atomic E-state index is 0.137. The molecule has 0 saturated carbocycles. The molecule has 0 bridgehead atoms. The van der Waals surface area contributed by atoms with Crippen molar-refractivity contribution < 1.29 is 19.1 Å². The molecule has 0 aliphatic rings. The number of aromatic nitrogens is 1. The summed E-state index contributed by atoms with van der Waals surface area (Å²) in [5.41, 5.74) is 5.00. The lowest BCUT2D eigenvalue weighted by Crippen LogP contribution is -2.26. The Morgan fingerprint density at radius 1 is 0.971 bits per heavy atom. The number of hydrogen-bond donors (Lipinski definition) is 2. The number of carboxylic acids is 1. The molecule has 4 rings (SSSR count). The second-order valence-corrected chi connectivity index (χ2v) is 8.62. The van der Waals surface area contributed by atoms with Crippen LogP contribution in [0.2, 0.25) is 0 Å². The van der Waals surface area contributed by atoms with Gasteiger partial charge >= 0.3 is 5.97 Å². The van der Waals surface area contributed by atoms with Gasteiger partial charge in [0.05, 0.1) is 17.3 Å². The van der Waals surface area contributed by atoms with E-state index < -0.39 is 5.97 Å². The zero-order valence-corrected chi connectivity index (χ0v) is 19.5. The minimum atomic E-state index is -0.796. The molecule has 0 aliphatic heterocycles. The molecular formula is C29H27FN2O3. The van der Waals surface area contributed by atoms with Gasteiger partial charge in [-0.25, -0.2) is 9.37 Å². The van der Waals surface area contributed by atoms with Gasteiger partial charge in [0.25, 0.3) is 5.91 Å². The van der Waals surface area contributed by atoms with E-state index in [0.717, 1.165) is 39.7 Å². The average molecular weight is 471 g/mol. The molecule has 0 aliphatic carbocycles. The van der Waals surface area contributed by atoms with E-state index in [1.165, 1.54) is 12.1 Å². The molecule has 1 aromatic heterocycles. The van der Waals surface area contributed by atoms with Gasteiger partial charge in [-0.3, -0.25) is 9.59 Å². The third kappa shape index (κ3) is 6.09. The zero-order chi connectivity index (χ0) is 24.8. The number of aryl methyl sites for hydroxylation is 1. The molecule has 1 amide bonds. The minimum Gasteiger partial charge on any atom is -0.481 e. The Hall–Kier alpha value is -4.06. The number of amides is 1. The Kier molecular flexibility index (Phi) is 7.51. The summed E-state index contributed by atoms with van der Waals surface area (Å²) in [5, 5.41) is 12.8. The van der Waals surface area contributed by atoms with Gasteiger partial charge in [0.15, 0.2) is 0 Å². The maximum Gasteiger partial charge on any atom is 0.303 e. The topological polar surface area (TPSA) is 79.3 Å². The normalized spacial score (nSPS) is 11.8. The molecule has 0 spiro atoms. The second-order valence-electron chi connectivity index (χ2n) is 8.62. The summed E-state index contributed by atoms with van der Waals surface area (Å²) >= 11 is 0. The van der Waals surface area contributed by atoms with Crippen molar-refractivity contribution in [3.8, 4) is 11.3 Å². The maximum absolute atomic E-state index is 13.2. The largest absolute Gasteiger partial charge is 0.481 e. The van der Waals surface area contributed by atoms with Crippen LogP contribution in [0.5, 0.6) is 0 Å². The third-order valence-corrected chi connectivity index (χ3v) is 6.01. The van der Waals surface area contributed by atoms with Crippen molar-refractivity contribution in [1.29, 1.82) is 0 Å². The molecule has 4 aromatic rings. The van der Waals surface area contributed by atoms with Gasteiger partial charge in [-0.05, 0) is 73.7 Å². The smallest absolute Gasteiger partial charge is 0.303 e. The predicted molar refractivity (Wildman–Crippen MR) is 135 cm³/mol. The fraction of sp³-hybridized carbons (Fsp3) is 0.207. The Balaban J connectivity index is 1.61. The first-order valence-corrected chi connectivity index (χ1v) is 11.7. The Morgan fingerprint density at radius 3 is 2.43 bits per heavy atom. The van der Waals surface area contributed by atoms with Crippen molar-refractivity contribution in [2.45, 2.75) is 38.6 Å². The number of pyridine rings is 1. The molecule has 3 aromatic carbocycles. The third-order valence-electron chi connectivity index (χ3n) is 6.01. The van der Waals surface area contributed by atoms with Crippen LogP contribution in [0.4, 0.5) is 4.39 Å². The number of unbranched alkanes of at least 4 members (excludes halogenated alkanes) is 1. The number of benzene rings is 3. The standard InChI is InChI=1S/C29H27FN2O3/c1-19(20-11-14-25(30)15-12-20)31-29(35)23-13-16-26-24(18-23)17-22(9-5-6-10-27(33)34)28(32-26)21-7-3-2-4-8-21/h2-4,7-8,11-19H,5-6,9-10H2,1H3,(H,31,35)(H,33,34). The Morgan fingerprint density at radius 2 is 1.71 bits per heavy atom. The first-order valence-electron chi connectivity index (χ1n) is 11.7. The average Bonchev–Trinajstić information content (AvgIpc) is 2.86. The number of nitrogens with one attached hydrogen (secondary N) is 1. The molecule has 0 radical (unpaired) electrons. The van der Waals surface area contributed by atoms with E-state index in [4.69, 9.17) is 10.1 Å². The van der Waals surface area contributed by atoms with Crippen molar-refractivity contribution in [1.82, 2.24) is 10.3 Å². The number of carboxylic acid groups (broad SMARTS) is 1. The highest BCUT2D eigenvalue weighted by molar-refractivity contribution is 5.98. The van der Waals surface area contributed by atoms with Crippen molar-refractivity contribution in [2.24, 2.45) is 0 Å². The fourth-order valence-corrected chi connectivity index (χ4v) is 4.10. The van der Waals surface area contributed by atoms with Gasteiger partial charge in [-0.2, -0.15) is 0 Å². The lowest BCUT2D eigenvalue weighted by Gasteiger charge is -2.15. The summed E-state index contributed by atoms with van der Waals surface area (Å²) in [4.78, 5) is 28.7. The van der Waals surface area contributed by atoms with E-state index in [9.17, 15) is 14.0 Å². The summed E-state index contributed by atoms with van der Waals surface area (Å²) < 4.78 is 13.2. The van der Waals surface area contributed by atoms with Crippen molar-refractivity contribution in [3.05, 3.63) is 101 Å². The van der Waals surface area contributed by atoms with Gasteiger partial charge in [-0.1, -0.05) is 42.5 Å². The molecule has 1 heterocycles. The molecular weight excluding hydrogens is 443 g/mol. The highest BCUT2D eigenvalue weighted by atomic mass is 19.1. The first kappa shape index (κ1) is 24.1. The highest BCUT2D eigenvalue weighted by Crippen LogP contribution is 2.28. The SMILES string of the molecule is CC(NC(=O)c1ccc2nc(-c3ccccc3)c(CCCCC(=O)O)cc2c1)c1ccc(F)cc1. The van der Waals surface area contributed by atoms with Gasteiger partial charge in [0, 0.05) is 22.9 Å². The van der Waals surface area contributed by atoms with Crippen LogP contribution in [0.25, 0.3) is 22.2 Å². The Labute approximate surface area is 203 Å². The van der Waals surface area contributed by atoms with E-state index in [1.54, 1.807) is 18.2 Å². The molecule has 5 nitrogen and oxygen atoms in total. The number of rotatable bonds is 9. The monoisotopic (exact) mass is 470 g/mol. The molecule has 178 valence electrons. The van der Waals surface area contributed by atoms with Crippen LogP contribution < -0.4 is 5.32 Å². The van der Waals surface area contributed by atoms with E-state index in [-0.39, 0.29) is 24.2 Å². The number of halogens is 1. The molecule has 0 saturated heterocycles. The fourth-order valence-electron chi connectivity index (χ4n) is 4.10.